The Kier molecular flexibility index (Phi) is 2.74. The zero-order valence-electron chi connectivity index (χ0n) is 7.73. The Bertz CT molecular complexity index is 467. The highest BCUT2D eigenvalue weighted by atomic mass is 32.1. The number of aryl methyl sites for hydroxylation is 1. The quantitative estimate of drug-likeness (QED) is 0.818. The molecule has 0 fully saturated rings. The predicted molar refractivity (Wildman–Crippen MR) is 58.8 cm³/mol. The third-order valence-electron chi connectivity index (χ3n) is 1.75. The van der Waals surface area contributed by atoms with Crippen molar-refractivity contribution in [1.82, 2.24) is 20.0 Å². The second-order valence-electron chi connectivity index (χ2n) is 2.88. The number of H-pyrrole nitrogens is 1. The van der Waals surface area contributed by atoms with E-state index in [1.165, 1.54) is 11.3 Å². The van der Waals surface area contributed by atoms with E-state index in [0.29, 0.717) is 3.95 Å². The Morgan fingerprint density at radius 3 is 3.14 bits per heavy atom. The van der Waals surface area contributed by atoms with Gasteiger partial charge >= 0.3 is 0 Å². The van der Waals surface area contributed by atoms with Crippen molar-refractivity contribution in [2.75, 3.05) is 0 Å². The summed E-state index contributed by atoms with van der Waals surface area (Å²) in [4.78, 5) is 0. The molecule has 0 aliphatic heterocycles. The standard InChI is InChI=1S/C8H10N4S2/c1-2-4-12-5-3-6(11-12)7-9-10-8(13)14-7/h3,5H,2,4H2,1H3,(H,10,13). The zero-order chi connectivity index (χ0) is 9.97. The third-order valence-corrected chi connectivity index (χ3v) is 2.86. The minimum Gasteiger partial charge on any atom is -0.272 e. The molecule has 0 aliphatic carbocycles. The fourth-order valence-electron chi connectivity index (χ4n) is 1.17. The molecule has 0 unspecified atom stereocenters. The van der Waals surface area contributed by atoms with E-state index in [4.69, 9.17) is 12.2 Å². The van der Waals surface area contributed by atoms with Crippen LogP contribution in [-0.2, 0) is 6.54 Å². The molecule has 2 aromatic rings. The van der Waals surface area contributed by atoms with Crippen LogP contribution in [0.3, 0.4) is 0 Å². The monoisotopic (exact) mass is 226 g/mol. The normalized spacial score (nSPS) is 10.6. The lowest BCUT2D eigenvalue weighted by atomic mass is 10.5. The minimum atomic E-state index is 0.685. The molecule has 74 valence electrons. The summed E-state index contributed by atoms with van der Waals surface area (Å²) < 4.78 is 2.60. The molecule has 0 saturated heterocycles. The van der Waals surface area contributed by atoms with Gasteiger partial charge in [-0.3, -0.25) is 9.78 Å². The van der Waals surface area contributed by atoms with Crippen LogP contribution in [0.4, 0.5) is 0 Å². The summed E-state index contributed by atoms with van der Waals surface area (Å²) in [6, 6.07) is 1.96. The van der Waals surface area contributed by atoms with Crippen molar-refractivity contribution in [1.29, 1.82) is 0 Å². The number of aromatic amines is 1. The molecule has 0 spiro atoms. The van der Waals surface area contributed by atoms with Gasteiger partial charge in [0, 0.05) is 12.7 Å². The average Bonchev–Trinajstić information content (AvgIpc) is 2.74. The number of hydrogen-bond donors (Lipinski definition) is 1. The Hall–Kier alpha value is -1.01. The van der Waals surface area contributed by atoms with E-state index >= 15 is 0 Å². The van der Waals surface area contributed by atoms with Gasteiger partial charge in [0.25, 0.3) is 0 Å². The maximum Gasteiger partial charge on any atom is 0.176 e. The van der Waals surface area contributed by atoms with Crippen molar-refractivity contribution in [3.63, 3.8) is 0 Å². The fraction of sp³-hybridized carbons (Fsp3) is 0.375. The molecule has 2 heterocycles. The minimum absolute atomic E-state index is 0.685. The number of aromatic nitrogens is 4. The highest BCUT2D eigenvalue weighted by Crippen LogP contribution is 2.18. The van der Waals surface area contributed by atoms with Crippen molar-refractivity contribution in [2.45, 2.75) is 19.9 Å². The lowest BCUT2D eigenvalue weighted by Crippen LogP contribution is -1.96. The molecule has 0 amide bonds. The lowest BCUT2D eigenvalue weighted by molar-refractivity contribution is 0.604. The predicted octanol–water partition coefficient (Wildman–Crippen LogP) is 2.47. The van der Waals surface area contributed by atoms with Crippen LogP contribution in [0, 0.1) is 3.95 Å². The highest BCUT2D eigenvalue weighted by Gasteiger charge is 2.05. The molecule has 0 aromatic carbocycles. The fourth-order valence-corrected chi connectivity index (χ4v) is 2.02. The van der Waals surface area contributed by atoms with Crippen LogP contribution in [-0.4, -0.2) is 20.0 Å². The maximum atomic E-state index is 4.96. The van der Waals surface area contributed by atoms with Gasteiger partial charge in [-0.2, -0.15) is 10.2 Å². The van der Waals surface area contributed by atoms with Crippen molar-refractivity contribution in [3.05, 3.63) is 16.2 Å². The average molecular weight is 226 g/mol. The van der Waals surface area contributed by atoms with Crippen molar-refractivity contribution in [2.24, 2.45) is 0 Å². The summed E-state index contributed by atoms with van der Waals surface area (Å²) in [5.74, 6) is 0. The van der Waals surface area contributed by atoms with Gasteiger partial charge in [0.05, 0.1) is 0 Å². The van der Waals surface area contributed by atoms with E-state index < -0.39 is 0 Å². The van der Waals surface area contributed by atoms with Gasteiger partial charge < -0.3 is 0 Å². The van der Waals surface area contributed by atoms with Crippen molar-refractivity contribution < 1.29 is 0 Å². The number of nitrogens with zero attached hydrogens (tertiary/aromatic N) is 3. The van der Waals surface area contributed by atoms with E-state index in [-0.39, 0.29) is 0 Å². The Morgan fingerprint density at radius 1 is 1.64 bits per heavy atom. The molecule has 1 N–H and O–H groups in total. The first kappa shape index (κ1) is 9.54. The Morgan fingerprint density at radius 2 is 2.50 bits per heavy atom. The molecular weight excluding hydrogens is 216 g/mol. The van der Waals surface area contributed by atoms with Gasteiger partial charge in [-0.15, -0.1) is 0 Å². The lowest BCUT2D eigenvalue weighted by Gasteiger charge is -1.94. The molecule has 0 bridgehead atoms. The highest BCUT2D eigenvalue weighted by molar-refractivity contribution is 7.73. The van der Waals surface area contributed by atoms with Crippen LogP contribution in [0.2, 0.25) is 0 Å². The van der Waals surface area contributed by atoms with Gasteiger partial charge in [-0.05, 0) is 24.7 Å². The van der Waals surface area contributed by atoms with Gasteiger partial charge in [-0.25, -0.2) is 0 Å². The third kappa shape index (κ3) is 1.91. The van der Waals surface area contributed by atoms with E-state index in [2.05, 4.69) is 22.2 Å². The first-order valence-corrected chi connectivity index (χ1v) is 5.61. The molecule has 0 aliphatic rings. The van der Waals surface area contributed by atoms with E-state index in [0.717, 1.165) is 23.7 Å². The largest absolute Gasteiger partial charge is 0.272 e. The summed E-state index contributed by atoms with van der Waals surface area (Å²) in [5.41, 5.74) is 0.885. The SMILES string of the molecule is CCCn1ccc(-c2n[nH]c(=S)s2)n1. The number of rotatable bonds is 3. The van der Waals surface area contributed by atoms with Crippen LogP contribution in [0.5, 0.6) is 0 Å². The Balaban J connectivity index is 2.28. The molecule has 0 radical (unpaired) electrons. The van der Waals surface area contributed by atoms with Crippen LogP contribution in [0.25, 0.3) is 10.7 Å². The van der Waals surface area contributed by atoms with Gasteiger partial charge in [0.1, 0.15) is 5.69 Å². The summed E-state index contributed by atoms with van der Waals surface area (Å²) in [5, 5.41) is 12.0. The smallest absolute Gasteiger partial charge is 0.176 e. The molecule has 14 heavy (non-hydrogen) atoms. The molecule has 0 saturated carbocycles. The topological polar surface area (TPSA) is 46.5 Å². The molecule has 0 atom stereocenters. The second kappa shape index (κ2) is 4.02. The van der Waals surface area contributed by atoms with E-state index in [9.17, 15) is 0 Å². The van der Waals surface area contributed by atoms with Gasteiger partial charge in [-0.1, -0.05) is 18.3 Å². The number of nitrogens with one attached hydrogen (secondary N) is 1. The van der Waals surface area contributed by atoms with E-state index in [1.807, 2.05) is 16.9 Å². The molecule has 6 heteroatoms. The van der Waals surface area contributed by atoms with Crippen molar-refractivity contribution in [3.8, 4) is 10.7 Å². The summed E-state index contributed by atoms with van der Waals surface area (Å²) in [6.45, 7) is 3.07. The summed E-state index contributed by atoms with van der Waals surface area (Å²) >= 11 is 6.40. The maximum absolute atomic E-state index is 4.96. The molecule has 2 rings (SSSR count). The van der Waals surface area contributed by atoms with E-state index in [1.54, 1.807) is 0 Å². The van der Waals surface area contributed by atoms with Crippen LogP contribution < -0.4 is 0 Å². The summed E-state index contributed by atoms with van der Waals surface area (Å²) in [6.07, 6.45) is 3.04. The second-order valence-corrected chi connectivity index (χ2v) is 4.55. The van der Waals surface area contributed by atoms with Crippen molar-refractivity contribution >= 4 is 23.6 Å². The summed E-state index contributed by atoms with van der Waals surface area (Å²) in [7, 11) is 0. The molecule has 2 aromatic heterocycles. The molecular formula is C8H10N4S2. The zero-order valence-corrected chi connectivity index (χ0v) is 9.36. The van der Waals surface area contributed by atoms with Crippen LogP contribution in [0.15, 0.2) is 12.3 Å². The van der Waals surface area contributed by atoms with Gasteiger partial charge in [0.2, 0.25) is 0 Å². The van der Waals surface area contributed by atoms with Gasteiger partial charge in [0.15, 0.2) is 8.96 Å². The van der Waals surface area contributed by atoms with Crippen LogP contribution in [0.1, 0.15) is 13.3 Å². The Labute approximate surface area is 90.6 Å². The van der Waals surface area contributed by atoms with Crippen LogP contribution >= 0.6 is 23.6 Å². The molecule has 4 nitrogen and oxygen atoms in total. The first-order chi connectivity index (χ1) is 6.79. The first-order valence-electron chi connectivity index (χ1n) is 4.39. The number of hydrogen-bond acceptors (Lipinski definition) is 4.